The largest absolute Gasteiger partial charge is 0.445 e. The van der Waals surface area contributed by atoms with Crippen LogP contribution in [-0.4, -0.2) is 34.4 Å². The van der Waals surface area contributed by atoms with Gasteiger partial charge in [-0.05, 0) is 67.1 Å². The van der Waals surface area contributed by atoms with Crippen molar-refractivity contribution in [1.82, 2.24) is 0 Å². The van der Waals surface area contributed by atoms with E-state index in [-0.39, 0.29) is 17.2 Å². The van der Waals surface area contributed by atoms with Gasteiger partial charge < -0.3 is 9.64 Å². The third-order valence-electron chi connectivity index (χ3n) is 4.92. The molecule has 1 N–H and O–H groups in total. The Hall–Kier alpha value is -2.50. The maximum atomic E-state index is 13.1. The number of nitrogens with zero attached hydrogens (tertiary/aromatic N) is 2. The molecule has 0 bridgehead atoms. The fourth-order valence-electron chi connectivity index (χ4n) is 3.21. The number of hydrogen-bond acceptors (Lipinski definition) is 6. The van der Waals surface area contributed by atoms with E-state index < -0.39 is 21.4 Å². The Balaban J connectivity index is 1.74. The summed E-state index contributed by atoms with van der Waals surface area (Å²) >= 11 is 21.2. The van der Waals surface area contributed by atoms with Gasteiger partial charge in [0, 0.05) is 39.4 Å². The summed E-state index contributed by atoms with van der Waals surface area (Å²) < 4.78 is 3.97. The summed E-state index contributed by atoms with van der Waals surface area (Å²) in [5.41, 5.74) is 1.98. The maximum Gasteiger partial charge on any atom is 0.411 e. The lowest BCUT2D eigenvalue weighted by molar-refractivity contribution is -0.387. The number of nitro benzene ring substituents is 1. The van der Waals surface area contributed by atoms with Crippen molar-refractivity contribution in [3.05, 3.63) is 86.4 Å². The number of ether oxygens (including phenoxy) is 1. The molecule has 0 saturated carbocycles. The number of carbonyl (C=O) groups excluding carboxylic acids is 2. The molecule has 0 aliphatic heterocycles. The predicted octanol–water partition coefficient (Wildman–Crippen LogP) is 8.01. The summed E-state index contributed by atoms with van der Waals surface area (Å²) in [5.74, 6) is -0.373. The van der Waals surface area contributed by atoms with Crippen LogP contribution < -0.4 is 10.2 Å². The smallest absolute Gasteiger partial charge is 0.411 e. The number of benzene rings is 3. The van der Waals surface area contributed by atoms with Crippen LogP contribution >= 0.6 is 62.5 Å². The second-order valence-electron chi connectivity index (χ2n) is 7.68. The number of anilines is 2. The molecule has 0 atom stereocenters. The van der Waals surface area contributed by atoms with E-state index in [4.69, 9.17) is 39.5 Å². The Bertz CT molecular complexity index is 1340. The summed E-state index contributed by atoms with van der Waals surface area (Å²) in [7, 11) is 1.62. The van der Waals surface area contributed by atoms with Crippen LogP contribution in [0.25, 0.3) is 0 Å². The van der Waals surface area contributed by atoms with E-state index in [1.165, 1.54) is 11.0 Å². The number of rotatable bonds is 7. The minimum Gasteiger partial charge on any atom is -0.445 e. The number of alkyl halides is 3. The average Bonchev–Trinajstić information content (AvgIpc) is 2.83. The quantitative estimate of drug-likeness (QED) is 0.158. The van der Waals surface area contributed by atoms with Gasteiger partial charge in [0.25, 0.3) is 11.6 Å². The standard InChI is InChI=1S/C24H19BrCl3N3O5S/c1-14-11-16(25)4-9-19(14)30(2)22(32)15-3-10-21(20(12-15)31(34)35)37-18-7-5-17(6-8-18)29-23(33)36-13-24(26,27)28/h3-12H,13H2,1-2H3,(H,29,33). The summed E-state index contributed by atoms with van der Waals surface area (Å²) in [5, 5.41) is 14.3. The zero-order valence-electron chi connectivity index (χ0n) is 19.3. The summed E-state index contributed by atoms with van der Waals surface area (Å²) in [6.07, 6.45) is -0.800. The molecule has 0 saturated heterocycles. The molecule has 0 heterocycles. The molecule has 2 amide bonds. The van der Waals surface area contributed by atoms with Crippen molar-refractivity contribution in [3.63, 3.8) is 0 Å². The van der Waals surface area contributed by atoms with Crippen LogP contribution in [0.4, 0.5) is 21.9 Å². The maximum absolute atomic E-state index is 13.1. The summed E-state index contributed by atoms with van der Waals surface area (Å²) in [4.78, 5) is 38.6. The summed E-state index contributed by atoms with van der Waals surface area (Å²) in [6, 6.07) is 16.4. The summed E-state index contributed by atoms with van der Waals surface area (Å²) in [6.45, 7) is 1.46. The molecule has 0 radical (unpaired) electrons. The number of hydrogen-bond donors (Lipinski definition) is 1. The van der Waals surface area contributed by atoms with E-state index in [0.717, 1.165) is 21.8 Å². The lowest BCUT2D eigenvalue weighted by Gasteiger charge is -2.20. The van der Waals surface area contributed by atoms with Crippen LogP contribution in [0.3, 0.4) is 0 Å². The van der Waals surface area contributed by atoms with Crippen LogP contribution in [0.2, 0.25) is 0 Å². The molecule has 3 aromatic rings. The molecular formula is C24H19BrCl3N3O5S. The van der Waals surface area contributed by atoms with Crippen molar-refractivity contribution in [1.29, 1.82) is 0 Å². The SMILES string of the molecule is Cc1cc(Br)ccc1N(C)C(=O)c1ccc(Sc2ccc(NC(=O)OCC(Cl)(Cl)Cl)cc2)c([N+](=O)[O-])c1. The van der Waals surface area contributed by atoms with E-state index in [1.807, 2.05) is 19.1 Å². The lowest BCUT2D eigenvalue weighted by Crippen LogP contribution is -2.27. The first-order valence-electron chi connectivity index (χ1n) is 10.4. The molecule has 0 aromatic heterocycles. The van der Waals surface area contributed by atoms with Gasteiger partial charge in [0.2, 0.25) is 3.79 Å². The second kappa shape index (κ2) is 12.4. The minimum atomic E-state index is -1.72. The highest BCUT2D eigenvalue weighted by atomic mass is 79.9. The first-order valence-corrected chi connectivity index (χ1v) is 13.2. The van der Waals surface area contributed by atoms with Crippen LogP contribution in [0, 0.1) is 17.0 Å². The third kappa shape index (κ3) is 8.24. The average molecular weight is 648 g/mol. The van der Waals surface area contributed by atoms with Crippen LogP contribution in [0.1, 0.15) is 15.9 Å². The van der Waals surface area contributed by atoms with Gasteiger partial charge in [-0.15, -0.1) is 0 Å². The first-order chi connectivity index (χ1) is 17.3. The molecule has 37 heavy (non-hydrogen) atoms. The topological polar surface area (TPSA) is 102 Å². The van der Waals surface area contributed by atoms with Crippen LogP contribution in [0.5, 0.6) is 0 Å². The van der Waals surface area contributed by atoms with E-state index >= 15 is 0 Å². The van der Waals surface area contributed by atoms with Gasteiger partial charge in [0.15, 0.2) is 0 Å². The fourth-order valence-corrected chi connectivity index (χ4v) is 4.75. The van der Waals surface area contributed by atoms with E-state index in [0.29, 0.717) is 21.2 Å². The Morgan fingerprint density at radius 1 is 1.11 bits per heavy atom. The molecule has 0 aliphatic carbocycles. The van der Waals surface area contributed by atoms with Gasteiger partial charge in [-0.1, -0.05) is 62.5 Å². The third-order valence-corrected chi connectivity index (χ3v) is 6.82. The number of amides is 2. The van der Waals surface area contributed by atoms with Crippen molar-refractivity contribution in [2.45, 2.75) is 20.5 Å². The van der Waals surface area contributed by atoms with Gasteiger partial charge in [-0.25, -0.2) is 4.79 Å². The van der Waals surface area contributed by atoms with Gasteiger partial charge in [0.05, 0.1) is 9.82 Å². The van der Waals surface area contributed by atoms with Crippen molar-refractivity contribution in [3.8, 4) is 0 Å². The van der Waals surface area contributed by atoms with Crippen molar-refractivity contribution >= 4 is 91.6 Å². The number of carbonyl (C=O) groups is 2. The van der Waals surface area contributed by atoms with Gasteiger partial charge in [-0.2, -0.15) is 0 Å². The van der Waals surface area contributed by atoms with Gasteiger partial charge in [0.1, 0.15) is 6.61 Å². The van der Waals surface area contributed by atoms with Crippen molar-refractivity contribution in [2.24, 2.45) is 0 Å². The Labute approximate surface area is 240 Å². The first kappa shape index (κ1) is 29.1. The Kier molecular flexibility index (Phi) is 9.71. The number of nitro groups is 1. The zero-order valence-corrected chi connectivity index (χ0v) is 24.0. The fraction of sp³-hybridized carbons (Fsp3) is 0.167. The molecule has 3 aromatic carbocycles. The number of aryl methyl sites for hydroxylation is 1. The molecule has 8 nitrogen and oxygen atoms in total. The monoisotopic (exact) mass is 645 g/mol. The van der Waals surface area contributed by atoms with E-state index in [9.17, 15) is 19.7 Å². The Morgan fingerprint density at radius 3 is 2.38 bits per heavy atom. The zero-order chi connectivity index (χ0) is 27.3. The van der Waals surface area contributed by atoms with Crippen LogP contribution in [-0.2, 0) is 4.74 Å². The predicted molar refractivity (Wildman–Crippen MR) is 151 cm³/mol. The molecule has 0 unspecified atom stereocenters. The second-order valence-corrected chi connectivity index (χ2v) is 12.2. The van der Waals surface area contributed by atoms with E-state index in [1.54, 1.807) is 49.5 Å². The number of nitrogens with one attached hydrogen (secondary N) is 1. The van der Waals surface area contributed by atoms with E-state index in [2.05, 4.69) is 21.2 Å². The molecule has 194 valence electrons. The molecule has 3 rings (SSSR count). The molecule has 0 fully saturated rings. The lowest BCUT2D eigenvalue weighted by atomic mass is 10.1. The molecular weight excluding hydrogens is 629 g/mol. The van der Waals surface area contributed by atoms with Crippen molar-refractivity contribution in [2.75, 3.05) is 23.9 Å². The normalized spacial score (nSPS) is 11.1. The molecule has 13 heteroatoms. The van der Waals surface area contributed by atoms with Crippen LogP contribution in [0.15, 0.2) is 74.9 Å². The molecule has 0 spiro atoms. The number of halogens is 4. The molecule has 0 aliphatic rings. The minimum absolute atomic E-state index is 0.189. The van der Waals surface area contributed by atoms with Crippen molar-refractivity contribution < 1.29 is 19.2 Å². The highest BCUT2D eigenvalue weighted by Gasteiger charge is 2.23. The van der Waals surface area contributed by atoms with Gasteiger partial charge >= 0.3 is 6.09 Å². The Morgan fingerprint density at radius 2 is 1.78 bits per heavy atom. The highest BCUT2D eigenvalue weighted by molar-refractivity contribution is 9.10. The van der Waals surface area contributed by atoms with Gasteiger partial charge in [-0.3, -0.25) is 20.2 Å². The highest BCUT2D eigenvalue weighted by Crippen LogP contribution is 2.36.